The average molecular weight is 302 g/mol. The lowest BCUT2D eigenvalue weighted by molar-refractivity contribution is -0.163. The van der Waals surface area contributed by atoms with Crippen molar-refractivity contribution in [2.75, 3.05) is 6.61 Å². The molecule has 2 saturated heterocycles. The van der Waals surface area contributed by atoms with Crippen LogP contribution in [-0.2, 0) is 38.1 Å². The second-order valence-corrected chi connectivity index (χ2v) is 5.94. The molecule has 3 aliphatic rings. The molecule has 4 unspecified atom stereocenters. The minimum absolute atomic E-state index is 0.0814. The van der Waals surface area contributed by atoms with Crippen molar-refractivity contribution in [3.05, 3.63) is 23.6 Å². The molecular weight excluding hydrogens is 292 g/mol. The molecule has 0 spiro atoms. The molecule has 0 aromatic heterocycles. The summed E-state index contributed by atoms with van der Waals surface area (Å²) in [6, 6.07) is 0. The molecule has 20 heavy (non-hydrogen) atoms. The highest BCUT2D eigenvalue weighted by Crippen LogP contribution is 2.46. The maximum atomic E-state index is 11.6. The standard InChI is InChI=1S/C11H10O8S/c1-2-7(12)16-4-8(13)18-9-5-3-6-10(17-5)11(9)19-20(6,14)15/h2-3,5,9-11H,1,4H2. The number of fused-ring (bicyclic) bond motifs is 1. The van der Waals surface area contributed by atoms with E-state index < -0.39 is 53.1 Å². The Morgan fingerprint density at radius 2 is 2.20 bits per heavy atom. The number of hydrogen-bond donors (Lipinski definition) is 0. The summed E-state index contributed by atoms with van der Waals surface area (Å²) in [6.45, 7) is 2.59. The highest BCUT2D eigenvalue weighted by atomic mass is 32.2. The Bertz CT molecular complexity index is 618. The lowest BCUT2D eigenvalue weighted by atomic mass is 10.0. The SMILES string of the molecule is C=CC(=O)OCC(=O)OC1C2C=C3C(O2)C1OS3(=O)=O. The van der Waals surface area contributed by atoms with Crippen LogP contribution in [0.25, 0.3) is 0 Å². The van der Waals surface area contributed by atoms with Crippen LogP contribution in [0.3, 0.4) is 0 Å². The molecule has 108 valence electrons. The summed E-state index contributed by atoms with van der Waals surface area (Å²) in [7, 11) is -3.78. The lowest BCUT2D eigenvalue weighted by Crippen LogP contribution is -2.38. The van der Waals surface area contributed by atoms with Crippen LogP contribution in [0, 0.1) is 0 Å². The van der Waals surface area contributed by atoms with E-state index in [0.717, 1.165) is 6.08 Å². The van der Waals surface area contributed by atoms with Gasteiger partial charge >= 0.3 is 11.9 Å². The molecule has 0 amide bonds. The maximum absolute atomic E-state index is 11.6. The van der Waals surface area contributed by atoms with E-state index in [2.05, 4.69) is 11.3 Å². The maximum Gasteiger partial charge on any atom is 0.344 e. The van der Waals surface area contributed by atoms with E-state index in [1.807, 2.05) is 0 Å². The summed E-state index contributed by atoms with van der Waals surface area (Å²) in [4.78, 5) is 22.4. The van der Waals surface area contributed by atoms with E-state index in [9.17, 15) is 18.0 Å². The number of esters is 2. The van der Waals surface area contributed by atoms with Gasteiger partial charge in [0.2, 0.25) is 0 Å². The van der Waals surface area contributed by atoms with Crippen molar-refractivity contribution in [2.45, 2.75) is 24.4 Å². The van der Waals surface area contributed by atoms with E-state index >= 15 is 0 Å². The Morgan fingerprint density at radius 1 is 1.45 bits per heavy atom. The molecule has 0 aliphatic carbocycles. The fraction of sp³-hybridized carbons (Fsp3) is 0.455. The van der Waals surface area contributed by atoms with E-state index in [4.69, 9.17) is 13.7 Å². The summed E-state index contributed by atoms with van der Waals surface area (Å²) in [5.41, 5.74) is 0. The largest absolute Gasteiger partial charge is 0.454 e. The van der Waals surface area contributed by atoms with Crippen molar-refractivity contribution in [3.8, 4) is 0 Å². The summed E-state index contributed by atoms with van der Waals surface area (Å²) in [5.74, 6) is -1.57. The van der Waals surface area contributed by atoms with Gasteiger partial charge in [-0.2, -0.15) is 8.42 Å². The molecule has 0 radical (unpaired) electrons. The van der Waals surface area contributed by atoms with Gasteiger partial charge in [-0.3, -0.25) is 4.18 Å². The van der Waals surface area contributed by atoms with Gasteiger partial charge < -0.3 is 14.2 Å². The number of ether oxygens (including phenoxy) is 3. The first kappa shape index (κ1) is 13.3. The van der Waals surface area contributed by atoms with Gasteiger partial charge in [0.1, 0.15) is 23.2 Å². The summed E-state index contributed by atoms with van der Waals surface area (Å²) in [6.07, 6.45) is -0.831. The van der Waals surface area contributed by atoms with E-state index in [-0.39, 0.29) is 4.91 Å². The molecule has 3 heterocycles. The predicted octanol–water partition coefficient (Wildman–Crippen LogP) is -0.979. The zero-order valence-corrected chi connectivity index (χ0v) is 10.9. The third-order valence-electron chi connectivity index (χ3n) is 3.15. The smallest absolute Gasteiger partial charge is 0.344 e. The first-order valence-electron chi connectivity index (χ1n) is 5.71. The summed E-state index contributed by atoms with van der Waals surface area (Å²) in [5, 5.41) is 0. The Morgan fingerprint density at radius 3 is 2.90 bits per heavy atom. The van der Waals surface area contributed by atoms with Crippen LogP contribution in [0.1, 0.15) is 0 Å². The van der Waals surface area contributed by atoms with Gasteiger partial charge in [-0.1, -0.05) is 6.58 Å². The molecule has 0 saturated carbocycles. The molecule has 0 N–H and O–H groups in total. The van der Waals surface area contributed by atoms with Gasteiger partial charge in [-0.15, -0.1) is 0 Å². The Balaban J connectivity index is 1.64. The van der Waals surface area contributed by atoms with Gasteiger partial charge in [-0.25, -0.2) is 9.59 Å². The predicted molar refractivity (Wildman–Crippen MR) is 61.6 cm³/mol. The molecular formula is C11H10O8S. The minimum atomic E-state index is -3.78. The summed E-state index contributed by atoms with van der Waals surface area (Å²) >= 11 is 0. The van der Waals surface area contributed by atoms with Crippen molar-refractivity contribution in [2.24, 2.45) is 0 Å². The van der Waals surface area contributed by atoms with Gasteiger partial charge in [0.25, 0.3) is 10.1 Å². The molecule has 0 aromatic carbocycles. The Labute approximate surface area is 114 Å². The number of rotatable bonds is 4. The number of hydrogen-bond acceptors (Lipinski definition) is 8. The zero-order chi connectivity index (χ0) is 14.5. The van der Waals surface area contributed by atoms with Crippen LogP contribution in [0.15, 0.2) is 23.6 Å². The zero-order valence-electron chi connectivity index (χ0n) is 10.1. The second kappa shape index (κ2) is 4.40. The quantitative estimate of drug-likeness (QED) is 0.371. The first-order valence-corrected chi connectivity index (χ1v) is 7.12. The Hall–Kier alpha value is -1.71. The van der Waals surface area contributed by atoms with Gasteiger partial charge in [0, 0.05) is 6.08 Å². The molecule has 9 heteroatoms. The number of carbonyl (C=O) groups excluding carboxylic acids is 2. The first-order chi connectivity index (χ1) is 9.42. The van der Waals surface area contributed by atoms with Crippen molar-refractivity contribution in [3.63, 3.8) is 0 Å². The van der Waals surface area contributed by atoms with Crippen LogP contribution in [-0.4, -0.2) is 51.4 Å². The van der Waals surface area contributed by atoms with Crippen LogP contribution in [0.4, 0.5) is 0 Å². The molecule has 2 bridgehead atoms. The van der Waals surface area contributed by atoms with E-state index in [1.165, 1.54) is 6.08 Å². The van der Waals surface area contributed by atoms with Crippen LogP contribution in [0.2, 0.25) is 0 Å². The second-order valence-electron chi connectivity index (χ2n) is 4.37. The number of carbonyl (C=O) groups is 2. The van der Waals surface area contributed by atoms with E-state index in [0.29, 0.717) is 0 Å². The monoisotopic (exact) mass is 302 g/mol. The minimum Gasteiger partial charge on any atom is -0.454 e. The topological polar surface area (TPSA) is 105 Å². The van der Waals surface area contributed by atoms with Crippen LogP contribution < -0.4 is 0 Å². The molecule has 0 aromatic rings. The Kier molecular flexibility index (Phi) is 2.92. The third kappa shape index (κ3) is 1.94. The van der Waals surface area contributed by atoms with E-state index in [1.54, 1.807) is 0 Å². The molecule has 3 aliphatic heterocycles. The molecule has 2 fully saturated rings. The average Bonchev–Trinajstić information content (AvgIpc) is 3.00. The molecule has 3 rings (SSSR count). The van der Waals surface area contributed by atoms with Gasteiger partial charge in [-0.05, 0) is 6.08 Å². The molecule has 8 nitrogen and oxygen atoms in total. The fourth-order valence-electron chi connectivity index (χ4n) is 2.34. The highest BCUT2D eigenvalue weighted by molar-refractivity contribution is 7.91. The normalized spacial score (nSPS) is 35.5. The van der Waals surface area contributed by atoms with Crippen molar-refractivity contribution in [1.82, 2.24) is 0 Å². The van der Waals surface area contributed by atoms with Crippen molar-refractivity contribution in [1.29, 1.82) is 0 Å². The highest BCUT2D eigenvalue weighted by Gasteiger charge is 2.62. The van der Waals surface area contributed by atoms with Crippen molar-refractivity contribution >= 4 is 22.1 Å². The van der Waals surface area contributed by atoms with Gasteiger partial charge in [0.15, 0.2) is 12.7 Å². The third-order valence-corrected chi connectivity index (χ3v) is 4.57. The van der Waals surface area contributed by atoms with Crippen molar-refractivity contribution < 1.29 is 36.4 Å². The van der Waals surface area contributed by atoms with Gasteiger partial charge in [0.05, 0.1) is 0 Å². The van der Waals surface area contributed by atoms with Crippen LogP contribution >= 0.6 is 0 Å². The molecule has 4 atom stereocenters. The fourth-order valence-corrected chi connectivity index (χ4v) is 3.73. The summed E-state index contributed by atoms with van der Waals surface area (Å²) < 4.78 is 42.9. The van der Waals surface area contributed by atoms with Crippen LogP contribution in [0.5, 0.6) is 0 Å². The lowest BCUT2D eigenvalue weighted by Gasteiger charge is -2.19.